The molecule has 1 aliphatic heterocycles. The minimum atomic E-state index is -0.202. The normalized spacial score (nSPS) is 17.8. The third-order valence-corrected chi connectivity index (χ3v) is 3.27. The predicted octanol–water partition coefficient (Wildman–Crippen LogP) is 2.60. The van der Waals surface area contributed by atoms with Gasteiger partial charge in [0.05, 0.1) is 6.10 Å². The van der Waals surface area contributed by atoms with Crippen molar-refractivity contribution in [3.63, 3.8) is 0 Å². The van der Waals surface area contributed by atoms with Crippen molar-refractivity contribution in [1.82, 2.24) is 0 Å². The first kappa shape index (κ1) is 11.5. The lowest BCUT2D eigenvalue weighted by molar-refractivity contribution is 0.185. The Hall–Kier alpha value is -1.02. The SMILES string of the molecule is C[C@@H](O)CCc1ccccc1N1CCCC1. The molecule has 1 N–H and O–H groups in total. The van der Waals surface area contributed by atoms with Gasteiger partial charge in [0.1, 0.15) is 0 Å². The van der Waals surface area contributed by atoms with Crippen molar-refractivity contribution in [2.24, 2.45) is 0 Å². The van der Waals surface area contributed by atoms with E-state index in [1.54, 1.807) is 0 Å². The van der Waals surface area contributed by atoms with Crippen LogP contribution in [0, 0.1) is 0 Å². The Morgan fingerprint density at radius 2 is 1.94 bits per heavy atom. The Balaban J connectivity index is 2.10. The van der Waals surface area contributed by atoms with E-state index < -0.39 is 0 Å². The second kappa shape index (κ2) is 5.35. The average molecular weight is 219 g/mol. The molecule has 2 heteroatoms. The Morgan fingerprint density at radius 3 is 2.62 bits per heavy atom. The Kier molecular flexibility index (Phi) is 3.83. The molecule has 1 heterocycles. The zero-order valence-electron chi connectivity index (χ0n) is 10.0. The van der Waals surface area contributed by atoms with Crippen LogP contribution in [0.15, 0.2) is 24.3 Å². The molecule has 1 aromatic carbocycles. The average Bonchev–Trinajstić information content (AvgIpc) is 2.80. The van der Waals surface area contributed by atoms with E-state index in [2.05, 4.69) is 29.2 Å². The summed E-state index contributed by atoms with van der Waals surface area (Å²) < 4.78 is 0. The minimum absolute atomic E-state index is 0.202. The lowest BCUT2D eigenvalue weighted by Crippen LogP contribution is -2.19. The number of hydrogen-bond donors (Lipinski definition) is 1. The van der Waals surface area contributed by atoms with Gasteiger partial charge in [-0.2, -0.15) is 0 Å². The fourth-order valence-corrected chi connectivity index (χ4v) is 2.35. The summed E-state index contributed by atoms with van der Waals surface area (Å²) in [6, 6.07) is 8.61. The van der Waals surface area contributed by atoms with Gasteiger partial charge in [0.25, 0.3) is 0 Å². The number of nitrogens with zero attached hydrogens (tertiary/aromatic N) is 1. The molecule has 0 radical (unpaired) electrons. The van der Waals surface area contributed by atoms with Crippen molar-refractivity contribution in [2.45, 2.75) is 38.7 Å². The number of benzene rings is 1. The van der Waals surface area contributed by atoms with Crippen LogP contribution in [0.1, 0.15) is 31.7 Å². The Labute approximate surface area is 97.9 Å². The number of aliphatic hydroxyl groups excluding tert-OH is 1. The van der Waals surface area contributed by atoms with Crippen LogP contribution in [0.2, 0.25) is 0 Å². The lowest BCUT2D eigenvalue weighted by atomic mass is 10.0. The molecule has 1 aromatic rings. The van der Waals surface area contributed by atoms with Crippen molar-refractivity contribution in [3.05, 3.63) is 29.8 Å². The van der Waals surface area contributed by atoms with Gasteiger partial charge in [-0.15, -0.1) is 0 Å². The molecule has 0 amide bonds. The molecule has 0 aliphatic carbocycles. The lowest BCUT2D eigenvalue weighted by Gasteiger charge is -2.21. The highest BCUT2D eigenvalue weighted by Crippen LogP contribution is 2.25. The van der Waals surface area contributed by atoms with E-state index in [-0.39, 0.29) is 6.10 Å². The molecule has 0 spiro atoms. The highest BCUT2D eigenvalue weighted by Gasteiger charge is 2.15. The maximum absolute atomic E-state index is 9.36. The van der Waals surface area contributed by atoms with Crippen molar-refractivity contribution in [1.29, 1.82) is 0 Å². The minimum Gasteiger partial charge on any atom is -0.393 e. The number of anilines is 1. The molecule has 1 saturated heterocycles. The molecule has 1 fully saturated rings. The number of rotatable bonds is 4. The summed E-state index contributed by atoms with van der Waals surface area (Å²) in [5.74, 6) is 0. The second-order valence-electron chi connectivity index (χ2n) is 4.71. The maximum Gasteiger partial charge on any atom is 0.0515 e. The van der Waals surface area contributed by atoms with E-state index in [9.17, 15) is 5.11 Å². The van der Waals surface area contributed by atoms with Gasteiger partial charge in [0.15, 0.2) is 0 Å². The first-order valence-corrected chi connectivity index (χ1v) is 6.28. The Bertz CT molecular complexity index is 329. The smallest absolute Gasteiger partial charge is 0.0515 e. The van der Waals surface area contributed by atoms with Crippen LogP contribution < -0.4 is 4.90 Å². The molecule has 0 aromatic heterocycles. The fourth-order valence-electron chi connectivity index (χ4n) is 2.35. The maximum atomic E-state index is 9.36. The molecule has 1 aliphatic rings. The molecule has 0 bridgehead atoms. The first-order chi connectivity index (χ1) is 7.77. The Morgan fingerprint density at radius 1 is 1.25 bits per heavy atom. The first-order valence-electron chi connectivity index (χ1n) is 6.28. The molecule has 1 atom stereocenters. The second-order valence-corrected chi connectivity index (χ2v) is 4.71. The van der Waals surface area contributed by atoms with Crippen molar-refractivity contribution < 1.29 is 5.11 Å². The van der Waals surface area contributed by atoms with Gasteiger partial charge in [-0.3, -0.25) is 0 Å². The van der Waals surface area contributed by atoms with E-state index in [0.717, 1.165) is 12.8 Å². The van der Waals surface area contributed by atoms with Crippen molar-refractivity contribution >= 4 is 5.69 Å². The third kappa shape index (κ3) is 2.76. The van der Waals surface area contributed by atoms with Crippen LogP contribution in [0.3, 0.4) is 0 Å². The zero-order valence-corrected chi connectivity index (χ0v) is 10.0. The third-order valence-electron chi connectivity index (χ3n) is 3.27. The van der Waals surface area contributed by atoms with Crippen LogP contribution >= 0.6 is 0 Å². The van der Waals surface area contributed by atoms with E-state index >= 15 is 0 Å². The summed E-state index contributed by atoms with van der Waals surface area (Å²) in [6.45, 7) is 4.23. The summed E-state index contributed by atoms with van der Waals surface area (Å²) in [5, 5.41) is 9.36. The van der Waals surface area contributed by atoms with Crippen LogP contribution in [-0.4, -0.2) is 24.3 Å². The molecular weight excluding hydrogens is 198 g/mol. The van der Waals surface area contributed by atoms with Crippen molar-refractivity contribution in [3.8, 4) is 0 Å². The molecule has 88 valence electrons. The highest BCUT2D eigenvalue weighted by atomic mass is 16.3. The standard InChI is InChI=1S/C14H21NO/c1-12(16)8-9-13-6-2-3-7-14(13)15-10-4-5-11-15/h2-3,6-7,12,16H,4-5,8-11H2,1H3/t12-/m1/s1. The highest BCUT2D eigenvalue weighted by molar-refractivity contribution is 5.54. The fraction of sp³-hybridized carbons (Fsp3) is 0.571. The molecule has 2 rings (SSSR count). The van der Waals surface area contributed by atoms with Gasteiger partial charge in [0.2, 0.25) is 0 Å². The van der Waals surface area contributed by atoms with Crippen molar-refractivity contribution in [2.75, 3.05) is 18.0 Å². The number of aliphatic hydroxyl groups is 1. The van der Waals surface area contributed by atoms with Gasteiger partial charge < -0.3 is 10.0 Å². The van der Waals surface area contributed by atoms with Gasteiger partial charge in [-0.25, -0.2) is 0 Å². The van der Waals surface area contributed by atoms with Gasteiger partial charge in [0, 0.05) is 18.8 Å². The van der Waals surface area contributed by atoms with Gasteiger partial charge in [-0.05, 0) is 44.2 Å². The molecular formula is C14H21NO. The zero-order chi connectivity index (χ0) is 11.4. The number of hydrogen-bond acceptors (Lipinski definition) is 2. The van der Waals surface area contributed by atoms with E-state index in [1.807, 2.05) is 6.92 Å². The summed E-state index contributed by atoms with van der Waals surface area (Å²) in [6.07, 6.45) is 4.25. The predicted molar refractivity (Wildman–Crippen MR) is 67.9 cm³/mol. The van der Waals surface area contributed by atoms with E-state index in [1.165, 1.54) is 37.2 Å². The molecule has 16 heavy (non-hydrogen) atoms. The molecule has 2 nitrogen and oxygen atoms in total. The quantitative estimate of drug-likeness (QED) is 0.841. The summed E-state index contributed by atoms with van der Waals surface area (Å²) in [7, 11) is 0. The molecule has 0 saturated carbocycles. The van der Waals surface area contributed by atoms with Gasteiger partial charge in [-0.1, -0.05) is 18.2 Å². The van der Waals surface area contributed by atoms with Crippen LogP contribution in [0.5, 0.6) is 0 Å². The van der Waals surface area contributed by atoms with Gasteiger partial charge >= 0.3 is 0 Å². The monoisotopic (exact) mass is 219 g/mol. The number of para-hydroxylation sites is 1. The summed E-state index contributed by atoms with van der Waals surface area (Å²) >= 11 is 0. The van der Waals surface area contributed by atoms with Crippen LogP contribution in [0.4, 0.5) is 5.69 Å². The molecule has 0 unspecified atom stereocenters. The van der Waals surface area contributed by atoms with E-state index in [0.29, 0.717) is 0 Å². The van der Waals surface area contributed by atoms with Crippen LogP contribution in [0.25, 0.3) is 0 Å². The summed E-state index contributed by atoms with van der Waals surface area (Å²) in [5.41, 5.74) is 2.76. The topological polar surface area (TPSA) is 23.5 Å². The largest absolute Gasteiger partial charge is 0.393 e. The number of aryl methyl sites for hydroxylation is 1. The van der Waals surface area contributed by atoms with E-state index in [4.69, 9.17) is 0 Å². The van der Waals surface area contributed by atoms with Crippen LogP contribution in [-0.2, 0) is 6.42 Å². The summed E-state index contributed by atoms with van der Waals surface area (Å²) in [4.78, 5) is 2.47.